The van der Waals surface area contributed by atoms with Crippen LogP contribution in [0, 0.1) is 0 Å². The van der Waals surface area contributed by atoms with Crippen molar-refractivity contribution in [3.8, 4) is 16.9 Å². The summed E-state index contributed by atoms with van der Waals surface area (Å²) in [5, 5.41) is 5.81. The van der Waals surface area contributed by atoms with Crippen molar-refractivity contribution in [1.29, 1.82) is 0 Å². The minimum Gasteiger partial charge on any atom is -0.497 e. The van der Waals surface area contributed by atoms with Crippen LogP contribution in [0.25, 0.3) is 11.1 Å². The first-order valence-corrected chi connectivity index (χ1v) is 9.11. The molecule has 4 rings (SSSR count). The highest BCUT2D eigenvalue weighted by molar-refractivity contribution is 6.07. The van der Waals surface area contributed by atoms with E-state index in [-0.39, 0.29) is 18.4 Å². The Bertz CT molecular complexity index is 1080. The van der Waals surface area contributed by atoms with Gasteiger partial charge >= 0.3 is 0 Å². The van der Waals surface area contributed by atoms with Gasteiger partial charge in [0.05, 0.1) is 24.9 Å². The number of ether oxygens (including phenoxy) is 1. The number of hydrogen-bond acceptors (Lipinski definition) is 5. The molecular formula is C22H20N4O3. The second kappa shape index (κ2) is 7.63. The summed E-state index contributed by atoms with van der Waals surface area (Å²) in [5.74, 6) is 1.01. The van der Waals surface area contributed by atoms with Crippen LogP contribution < -0.4 is 20.3 Å². The summed E-state index contributed by atoms with van der Waals surface area (Å²) in [5.41, 5.74) is 3.68. The lowest BCUT2D eigenvalue weighted by Gasteiger charge is -2.26. The molecule has 0 radical (unpaired) electrons. The van der Waals surface area contributed by atoms with E-state index in [1.54, 1.807) is 20.2 Å². The van der Waals surface area contributed by atoms with Crippen LogP contribution in [-0.4, -0.2) is 37.5 Å². The van der Waals surface area contributed by atoms with E-state index >= 15 is 0 Å². The number of rotatable bonds is 4. The molecule has 1 aliphatic heterocycles. The van der Waals surface area contributed by atoms with E-state index in [0.717, 1.165) is 16.9 Å². The summed E-state index contributed by atoms with van der Waals surface area (Å²) in [6.07, 6.45) is 1.50. The van der Waals surface area contributed by atoms with Gasteiger partial charge in [-0.1, -0.05) is 24.3 Å². The van der Waals surface area contributed by atoms with Gasteiger partial charge in [-0.3, -0.25) is 9.59 Å². The lowest BCUT2D eigenvalue weighted by molar-refractivity contribution is -0.116. The number of carbonyl (C=O) groups excluding carboxylic acids is 2. The molecule has 146 valence electrons. The van der Waals surface area contributed by atoms with Gasteiger partial charge < -0.3 is 20.3 Å². The highest BCUT2D eigenvalue weighted by Crippen LogP contribution is 2.28. The SMILES string of the molecule is COc1cccc(-c2ccc(NC(=O)c3cnc4c(c3)N(C)C(=O)CN4)cc2)c1. The van der Waals surface area contributed by atoms with E-state index in [4.69, 9.17) is 4.74 Å². The predicted molar refractivity (Wildman–Crippen MR) is 113 cm³/mol. The van der Waals surface area contributed by atoms with Gasteiger partial charge in [0.25, 0.3) is 5.91 Å². The van der Waals surface area contributed by atoms with Crippen LogP contribution in [0.3, 0.4) is 0 Å². The van der Waals surface area contributed by atoms with Gasteiger partial charge in [-0.25, -0.2) is 4.98 Å². The molecule has 0 unspecified atom stereocenters. The fraction of sp³-hybridized carbons (Fsp3) is 0.136. The molecule has 2 amide bonds. The Morgan fingerprint density at radius 2 is 1.93 bits per heavy atom. The Hall–Kier alpha value is -3.87. The third-order valence-electron chi connectivity index (χ3n) is 4.82. The molecule has 0 fully saturated rings. The van der Waals surface area contributed by atoms with Gasteiger partial charge in [-0.2, -0.15) is 0 Å². The third-order valence-corrected chi connectivity index (χ3v) is 4.82. The number of pyridine rings is 1. The number of benzene rings is 2. The molecule has 7 heteroatoms. The number of anilines is 3. The Balaban J connectivity index is 1.51. The molecule has 7 nitrogen and oxygen atoms in total. The van der Waals surface area contributed by atoms with Crippen molar-refractivity contribution in [3.63, 3.8) is 0 Å². The molecule has 0 aliphatic carbocycles. The van der Waals surface area contributed by atoms with Crippen molar-refractivity contribution in [1.82, 2.24) is 4.98 Å². The van der Waals surface area contributed by atoms with Crippen molar-refractivity contribution in [3.05, 3.63) is 66.4 Å². The van der Waals surface area contributed by atoms with Crippen molar-refractivity contribution in [2.45, 2.75) is 0 Å². The molecule has 0 saturated heterocycles. The average Bonchev–Trinajstić information content (AvgIpc) is 2.76. The summed E-state index contributed by atoms with van der Waals surface area (Å²) < 4.78 is 5.26. The van der Waals surface area contributed by atoms with Gasteiger partial charge in [-0.15, -0.1) is 0 Å². The lowest BCUT2D eigenvalue weighted by atomic mass is 10.1. The van der Waals surface area contributed by atoms with Crippen LogP contribution in [-0.2, 0) is 4.79 Å². The maximum Gasteiger partial charge on any atom is 0.257 e. The van der Waals surface area contributed by atoms with Gasteiger partial charge in [0.1, 0.15) is 11.6 Å². The topological polar surface area (TPSA) is 83.6 Å². The van der Waals surface area contributed by atoms with E-state index < -0.39 is 0 Å². The third kappa shape index (κ3) is 3.75. The molecule has 2 N–H and O–H groups in total. The van der Waals surface area contributed by atoms with Gasteiger partial charge in [0.15, 0.2) is 0 Å². The second-order valence-corrected chi connectivity index (χ2v) is 6.66. The molecule has 29 heavy (non-hydrogen) atoms. The van der Waals surface area contributed by atoms with Crippen LogP contribution in [0.2, 0.25) is 0 Å². The quantitative estimate of drug-likeness (QED) is 0.716. The first-order valence-electron chi connectivity index (χ1n) is 9.11. The zero-order valence-electron chi connectivity index (χ0n) is 16.1. The lowest BCUT2D eigenvalue weighted by Crippen LogP contribution is -2.37. The molecule has 1 aliphatic rings. The smallest absolute Gasteiger partial charge is 0.257 e. The molecule has 0 spiro atoms. The first kappa shape index (κ1) is 18.5. The monoisotopic (exact) mass is 388 g/mol. The number of carbonyl (C=O) groups is 2. The summed E-state index contributed by atoms with van der Waals surface area (Å²) in [6.45, 7) is 0.196. The number of likely N-dealkylation sites (N-methyl/N-ethyl adjacent to an activating group) is 1. The number of nitrogens with zero attached hydrogens (tertiary/aromatic N) is 2. The summed E-state index contributed by atoms with van der Waals surface area (Å²) in [6, 6.07) is 17.0. The zero-order chi connectivity index (χ0) is 20.4. The fourth-order valence-electron chi connectivity index (χ4n) is 3.13. The number of hydrogen-bond donors (Lipinski definition) is 2. The van der Waals surface area contributed by atoms with Crippen molar-refractivity contribution < 1.29 is 14.3 Å². The van der Waals surface area contributed by atoms with Crippen LogP contribution >= 0.6 is 0 Å². The standard InChI is InChI=1S/C22H20N4O3/c1-26-19-11-16(12-23-21(19)24-13-20(26)27)22(28)25-17-8-6-14(7-9-17)15-4-3-5-18(10-15)29-2/h3-12H,13H2,1-2H3,(H,23,24)(H,25,28). The number of amides is 2. The minimum atomic E-state index is -0.291. The van der Waals surface area contributed by atoms with Gasteiger partial charge in [-0.05, 0) is 41.5 Å². The van der Waals surface area contributed by atoms with E-state index in [9.17, 15) is 9.59 Å². The Kier molecular flexibility index (Phi) is 4.87. The Labute approximate surface area is 168 Å². The average molecular weight is 388 g/mol. The van der Waals surface area contributed by atoms with Crippen LogP contribution in [0.5, 0.6) is 5.75 Å². The van der Waals surface area contributed by atoms with E-state index in [2.05, 4.69) is 15.6 Å². The van der Waals surface area contributed by atoms with E-state index in [0.29, 0.717) is 22.8 Å². The van der Waals surface area contributed by atoms with Crippen molar-refractivity contribution in [2.24, 2.45) is 0 Å². The largest absolute Gasteiger partial charge is 0.497 e. The molecule has 2 heterocycles. The molecule has 2 aromatic carbocycles. The molecule has 3 aromatic rings. The highest BCUT2D eigenvalue weighted by Gasteiger charge is 2.23. The minimum absolute atomic E-state index is 0.0787. The first-order chi connectivity index (χ1) is 14.0. The van der Waals surface area contributed by atoms with Crippen molar-refractivity contribution in [2.75, 3.05) is 36.2 Å². The predicted octanol–water partition coefficient (Wildman–Crippen LogP) is 3.40. The molecular weight excluding hydrogens is 368 g/mol. The Morgan fingerprint density at radius 1 is 1.14 bits per heavy atom. The zero-order valence-corrected chi connectivity index (χ0v) is 16.1. The van der Waals surface area contributed by atoms with E-state index in [1.165, 1.54) is 11.1 Å². The summed E-state index contributed by atoms with van der Waals surface area (Å²) in [4.78, 5) is 30.2. The van der Waals surface area contributed by atoms with Crippen LogP contribution in [0.4, 0.5) is 17.2 Å². The van der Waals surface area contributed by atoms with Crippen LogP contribution in [0.1, 0.15) is 10.4 Å². The molecule has 0 atom stereocenters. The normalized spacial score (nSPS) is 12.8. The van der Waals surface area contributed by atoms with Gasteiger partial charge in [0, 0.05) is 18.9 Å². The highest BCUT2D eigenvalue weighted by atomic mass is 16.5. The molecule has 0 saturated carbocycles. The Morgan fingerprint density at radius 3 is 2.69 bits per heavy atom. The molecule has 0 bridgehead atoms. The van der Waals surface area contributed by atoms with Gasteiger partial charge in [0.2, 0.25) is 5.91 Å². The second-order valence-electron chi connectivity index (χ2n) is 6.66. The maximum absolute atomic E-state index is 12.6. The van der Waals surface area contributed by atoms with Crippen LogP contribution in [0.15, 0.2) is 60.8 Å². The molecule has 1 aromatic heterocycles. The summed E-state index contributed by atoms with van der Waals surface area (Å²) >= 11 is 0. The number of methoxy groups -OCH3 is 1. The number of aromatic nitrogens is 1. The number of fused-ring (bicyclic) bond motifs is 1. The summed E-state index contributed by atoms with van der Waals surface area (Å²) in [7, 11) is 3.31. The number of nitrogens with one attached hydrogen (secondary N) is 2. The fourth-order valence-corrected chi connectivity index (χ4v) is 3.13. The maximum atomic E-state index is 12.6. The van der Waals surface area contributed by atoms with Crippen molar-refractivity contribution >= 4 is 29.0 Å². The van der Waals surface area contributed by atoms with E-state index in [1.807, 2.05) is 48.5 Å².